The van der Waals surface area contributed by atoms with Crippen molar-refractivity contribution in [3.8, 4) is 78.7 Å². The van der Waals surface area contributed by atoms with Gasteiger partial charge in [0.25, 0.3) is 0 Å². The van der Waals surface area contributed by atoms with Gasteiger partial charge < -0.3 is 4.42 Å². The lowest BCUT2D eigenvalue weighted by molar-refractivity contribution is 0.669. The van der Waals surface area contributed by atoms with E-state index in [1.165, 1.54) is 36.9 Å². The molecule has 0 bridgehead atoms. The molecule has 0 aliphatic heterocycles. The second kappa shape index (κ2) is 14.9. The highest BCUT2D eigenvalue weighted by atomic mass is 32.1. The zero-order valence-electron chi connectivity index (χ0n) is 33.4. The number of hydrogen-bond acceptors (Lipinski definition) is 5. The van der Waals surface area contributed by atoms with Crippen molar-refractivity contribution in [3.05, 3.63) is 212 Å². The number of hydrogen-bond donors (Lipinski definition) is 0. The Kier molecular flexibility index (Phi) is 8.65. The fourth-order valence-electron chi connectivity index (χ4n) is 8.79. The van der Waals surface area contributed by atoms with Crippen molar-refractivity contribution >= 4 is 53.4 Å². The summed E-state index contributed by atoms with van der Waals surface area (Å²) < 4.78 is 9.17. The lowest BCUT2D eigenvalue weighted by atomic mass is 9.94. The Morgan fingerprint density at radius 2 is 0.855 bits per heavy atom. The van der Waals surface area contributed by atoms with Crippen molar-refractivity contribution in [1.82, 2.24) is 15.0 Å². The van der Waals surface area contributed by atoms with Gasteiger partial charge >= 0.3 is 0 Å². The molecule has 290 valence electrons. The molecule has 0 radical (unpaired) electrons. The zero-order chi connectivity index (χ0) is 41.0. The van der Waals surface area contributed by atoms with Gasteiger partial charge in [-0.1, -0.05) is 176 Å². The van der Waals surface area contributed by atoms with Gasteiger partial charge in [0.1, 0.15) is 11.2 Å². The standard InChI is InChI=1S/C57H35N3OS/c1-4-15-36(16-5-1)39-21-12-23-42(33-39)55-58-56(43-24-13-22-40(34-43)37-17-6-2-7-18-37)60-57(59-55)47-26-14-27-50-52(47)48-35-41(29-32-49(48)61-50)44-30-31-45(38-19-8-3-9-20-38)54-53(44)46-25-10-11-28-51(46)62-54/h1-35H. The van der Waals surface area contributed by atoms with Gasteiger partial charge in [0.2, 0.25) is 0 Å². The van der Waals surface area contributed by atoms with E-state index in [1.54, 1.807) is 0 Å². The van der Waals surface area contributed by atoms with E-state index >= 15 is 0 Å². The number of fused-ring (bicyclic) bond motifs is 6. The molecule has 0 saturated heterocycles. The Morgan fingerprint density at radius 3 is 1.53 bits per heavy atom. The van der Waals surface area contributed by atoms with Crippen LogP contribution in [0, 0.1) is 0 Å². The quantitative estimate of drug-likeness (QED) is 0.161. The number of aromatic nitrogens is 3. The molecule has 5 heteroatoms. The Hall–Kier alpha value is -7.99. The highest BCUT2D eigenvalue weighted by Crippen LogP contribution is 2.46. The molecule has 62 heavy (non-hydrogen) atoms. The summed E-state index contributed by atoms with van der Waals surface area (Å²) in [5.74, 6) is 1.78. The molecular weight excluding hydrogens is 775 g/mol. The zero-order valence-corrected chi connectivity index (χ0v) is 34.2. The van der Waals surface area contributed by atoms with E-state index in [-0.39, 0.29) is 0 Å². The highest BCUT2D eigenvalue weighted by molar-refractivity contribution is 7.26. The number of benzene rings is 9. The third-order valence-corrected chi connectivity index (χ3v) is 13.0. The third-order valence-electron chi connectivity index (χ3n) is 11.7. The van der Waals surface area contributed by atoms with E-state index in [2.05, 4.69) is 188 Å². The molecule has 0 aliphatic carbocycles. The van der Waals surface area contributed by atoms with Crippen molar-refractivity contribution in [2.45, 2.75) is 0 Å². The first-order chi connectivity index (χ1) is 30.7. The molecule has 0 atom stereocenters. The molecule has 0 amide bonds. The second-order valence-electron chi connectivity index (χ2n) is 15.5. The molecule has 12 aromatic rings. The van der Waals surface area contributed by atoms with Gasteiger partial charge in [0.05, 0.1) is 0 Å². The Balaban J connectivity index is 1.06. The minimum Gasteiger partial charge on any atom is -0.456 e. The molecule has 0 N–H and O–H groups in total. The summed E-state index contributed by atoms with van der Waals surface area (Å²) in [6, 6.07) is 74.4. The van der Waals surface area contributed by atoms with Crippen LogP contribution in [0.25, 0.3) is 121 Å². The van der Waals surface area contributed by atoms with Gasteiger partial charge in [0.15, 0.2) is 17.5 Å². The van der Waals surface area contributed by atoms with E-state index in [4.69, 9.17) is 19.4 Å². The van der Waals surface area contributed by atoms with Crippen LogP contribution in [0.1, 0.15) is 0 Å². The van der Waals surface area contributed by atoms with E-state index in [1.807, 2.05) is 35.6 Å². The lowest BCUT2D eigenvalue weighted by Gasteiger charge is -2.11. The molecule has 3 heterocycles. The molecule has 4 nitrogen and oxygen atoms in total. The number of thiophene rings is 1. The summed E-state index contributed by atoms with van der Waals surface area (Å²) in [4.78, 5) is 15.7. The van der Waals surface area contributed by atoms with E-state index in [0.29, 0.717) is 17.5 Å². The first kappa shape index (κ1) is 35.9. The van der Waals surface area contributed by atoms with Crippen molar-refractivity contribution < 1.29 is 4.42 Å². The lowest BCUT2D eigenvalue weighted by Crippen LogP contribution is -2.00. The normalized spacial score (nSPS) is 11.5. The van der Waals surface area contributed by atoms with Crippen molar-refractivity contribution in [2.75, 3.05) is 0 Å². The summed E-state index contributed by atoms with van der Waals surface area (Å²) in [5.41, 5.74) is 13.5. The van der Waals surface area contributed by atoms with Crippen LogP contribution in [0.15, 0.2) is 217 Å². The summed E-state index contributed by atoms with van der Waals surface area (Å²) in [6.45, 7) is 0. The molecular formula is C57H35N3OS. The summed E-state index contributed by atoms with van der Waals surface area (Å²) in [5, 5.41) is 4.50. The van der Waals surface area contributed by atoms with Crippen LogP contribution >= 0.6 is 11.3 Å². The largest absolute Gasteiger partial charge is 0.456 e. The number of rotatable bonds is 7. The first-order valence-electron chi connectivity index (χ1n) is 20.8. The maximum Gasteiger partial charge on any atom is 0.164 e. The molecule has 3 aromatic heterocycles. The van der Waals surface area contributed by atoms with Crippen molar-refractivity contribution in [1.29, 1.82) is 0 Å². The molecule has 0 spiro atoms. The molecule has 0 aliphatic rings. The topological polar surface area (TPSA) is 51.8 Å². The molecule has 0 fully saturated rings. The average molecular weight is 810 g/mol. The van der Waals surface area contributed by atoms with E-state index in [9.17, 15) is 0 Å². The number of nitrogens with zero attached hydrogens (tertiary/aromatic N) is 3. The van der Waals surface area contributed by atoms with Crippen LogP contribution in [0.3, 0.4) is 0 Å². The monoisotopic (exact) mass is 809 g/mol. The van der Waals surface area contributed by atoms with Gasteiger partial charge in [-0.2, -0.15) is 0 Å². The van der Waals surface area contributed by atoms with Gasteiger partial charge in [-0.15, -0.1) is 11.3 Å². The fraction of sp³-hybridized carbons (Fsp3) is 0. The van der Waals surface area contributed by atoms with Crippen LogP contribution in [0.4, 0.5) is 0 Å². The Morgan fingerprint density at radius 1 is 0.306 bits per heavy atom. The summed E-state index contributed by atoms with van der Waals surface area (Å²) in [6.07, 6.45) is 0. The van der Waals surface area contributed by atoms with Gasteiger partial charge in [-0.25, -0.2) is 15.0 Å². The third kappa shape index (κ3) is 6.26. The maximum atomic E-state index is 6.62. The van der Waals surface area contributed by atoms with Crippen molar-refractivity contribution in [3.63, 3.8) is 0 Å². The SMILES string of the molecule is c1ccc(-c2cccc(-c3nc(-c4cccc(-c5ccccc5)c4)nc(-c4cccc5oc6ccc(-c7ccc(-c8ccccc8)c8sc9ccccc9c78)cc6c45)n3)c2)cc1. The minimum atomic E-state index is 0.581. The smallest absolute Gasteiger partial charge is 0.164 e. The predicted molar refractivity (Wildman–Crippen MR) is 258 cm³/mol. The van der Waals surface area contributed by atoms with Crippen LogP contribution < -0.4 is 0 Å². The highest BCUT2D eigenvalue weighted by Gasteiger charge is 2.21. The molecule has 12 rings (SSSR count). The number of furan rings is 1. The van der Waals surface area contributed by atoms with Crippen LogP contribution in [0.5, 0.6) is 0 Å². The first-order valence-corrected chi connectivity index (χ1v) is 21.6. The van der Waals surface area contributed by atoms with Crippen molar-refractivity contribution in [2.24, 2.45) is 0 Å². The van der Waals surface area contributed by atoms with Gasteiger partial charge in [-0.3, -0.25) is 0 Å². The van der Waals surface area contributed by atoms with Gasteiger partial charge in [0, 0.05) is 47.6 Å². The maximum absolute atomic E-state index is 6.62. The summed E-state index contributed by atoms with van der Waals surface area (Å²) in [7, 11) is 0. The van der Waals surface area contributed by atoms with E-state index in [0.717, 1.165) is 66.4 Å². The van der Waals surface area contributed by atoms with Crippen LogP contribution in [-0.2, 0) is 0 Å². The predicted octanol–water partition coefficient (Wildman–Crippen LogP) is 15.8. The molecule has 0 unspecified atom stereocenters. The van der Waals surface area contributed by atoms with Gasteiger partial charge in [-0.05, 0) is 80.9 Å². The average Bonchev–Trinajstić information content (AvgIpc) is 3.93. The second-order valence-corrected chi connectivity index (χ2v) is 16.6. The summed E-state index contributed by atoms with van der Waals surface area (Å²) >= 11 is 1.86. The molecule has 0 saturated carbocycles. The Labute approximate surface area is 362 Å². The van der Waals surface area contributed by atoms with Crippen LogP contribution in [0.2, 0.25) is 0 Å². The van der Waals surface area contributed by atoms with Crippen LogP contribution in [-0.4, -0.2) is 15.0 Å². The minimum absolute atomic E-state index is 0.581. The Bertz CT molecular complexity index is 3530. The fourth-order valence-corrected chi connectivity index (χ4v) is 10.1. The molecule has 9 aromatic carbocycles. The van der Waals surface area contributed by atoms with E-state index < -0.39 is 0 Å².